The third-order valence-electron chi connectivity index (χ3n) is 10.9. The topological polar surface area (TPSA) is 78.9 Å². The normalized spacial score (nSPS) is 12.7. The van der Waals surface area contributed by atoms with Gasteiger partial charge in [0.2, 0.25) is 0 Å². The van der Waals surface area contributed by atoms with E-state index in [1.807, 2.05) is 0 Å². The molecule has 0 spiro atoms. The summed E-state index contributed by atoms with van der Waals surface area (Å²) in [7, 11) is 0. The Morgan fingerprint density at radius 3 is 1.05 bits per heavy atom. The zero-order valence-corrected chi connectivity index (χ0v) is 41.1. The molecular weight excluding hydrogens is 781 g/mol. The maximum atomic E-state index is 12.8. The van der Waals surface area contributed by atoms with Crippen molar-refractivity contribution in [3.05, 3.63) is 85.1 Å². The fraction of sp³-hybridized carbons (Fsp3) is 0.702. The molecule has 0 aliphatic rings. The molecule has 0 saturated carbocycles. The van der Waals surface area contributed by atoms with E-state index < -0.39 is 6.10 Å². The average molecular weight is 877 g/mol. The highest BCUT2D eigenvalue weighted by molar-refractivity contribution is 5.71. The lowest BCUT2D eigenvalue weighted by atomic mass is 10.1. The van der Waals surface area contributed by atoms with Gasteiger partial charge in [-0.1, -0.05) is 189 Å². The Morgan fingerprint density at radius 1 is 0.333 bits per heavy atom. The maximum absolute atomic E-state index is 12.8. The summed E-state index contributed by atoms with van der Waals surface area (Å²) in [5, 5.41) is 0. The zero-order valence-electron chi connectivity index (χ0n) is 41.1. The summed E-state index contributed by atoms with van der Waals surface area (Å²) in [4.78, 5) is 38.0. The highest BCUT2D eigenvalue weighted by Gasteiger charge is 2.19. The number of hydrogen-bond donors (Lipinski definition) is 0. The van der Waals surface area contributed by atoms with Gasteiger partial charge in [0, 0.05) is 19.3 Å². The van der Waals surface area contributed by atoms with Crippen LogP contribution >= 0.6 is 0 Å². The van der Waals surface area contributed by atoms with Crippen LogP contribution in [0.3, 0.4) is 0 Å². The molecule has 0 saturated heterocycles. The third kappa shape index (κ3) is 49.5. The van der Waals surface area contributed by atoms with Crippen LogP contribution in [-0.4, -0.2) is 37.2 Å². The molecule has 0 aliphatic carbocycles. The predicted molar refractivity (Wildman–Crippen MR) is 270 cm³/mol. The molecule has 0 N–H and O–H groups in total. The Morgan fingerprint density at radius 2 is 0.619 bits per heavy atom. The lowest BCUT2D eigenvalue weighted by Crippen LogP contribution is -2.30. The van der Waals surface area contributed by atoms with Crippen molar-refractivity contribution < 1.29 is 28.6 Å². The van der Waals surface area contributed by atoms with Crippen molar-refractivity contribution in [2.24, 2.45) is 0 Å². The monoisotopic (exact) mass is 877 g/mol. The van der Waals surface area contributed by atoms with Gasteiger partial charge in [0.15, 0.2) is 6.10 Å². The van der Waals surface area contributed by atoms with Crippen molar-refractivity contribution in [3.63, 3.8) is 0 Å². The molecule has 0 fully saturated rings. The van der Waals surface area contributed by atoms with E-state index in [0.29, 0.717) is 19.3 Å². The molecule has 0 rings (SSSR count). The average Bonchev–Trinajstić information content (AvgIpc) is 3.28. The summed E-state index contributed by atoms with van der Waals surface area (Å²) in [6.07, 6.45) is 65.6. The number of unbranched alkanes of at least 4 members (excludes halogenated alkanes) is 21. The number of rotatable bonds is 46. The molecule has 0 aromatic rings. The number of hydrogen-bond acceptors (Lipinski definition) is 6. The fourth-order valence-electron chi connectivity index (χ4n) is 6.93. The van der Waals surface area contributed by atoms with E-state index in [-0.39, 0.29) is 31.1 Å². The first-order valence-electron chi connectivity index (χ1n) is 26.1. The van der Waals surface area contributed by atoms with Crippen LogP contribution in [0.2, 0.25) is 0 Å². The van der Waals surface area contributed by atoms with Crippen LogP contribution in [0.4, 0.5) is 0 Å². The van der Waals surface area contributed by atoms with E-state index in [9.17, 15) is 14.4 Å². The van der Waals surface area contributed by atoms with Crippen LogP contribution in [0, 0.1) is 0 Å². The second-order valence-electron chi connectivity index (χ2n) is 17.0. The van der Waals surface area contributed by atoms with Gasteiger partial charge >= 0.3 is 17.9 Å². The van der Waals surface area contributed by atoms with Gasteiger partial charge in [0.25, 0.3) is 0 Å². The van der Waals surface area contributed by atoms with Gasteiger partial charge in [0.05, 0.1) is 0 Å². The van der Waals surface area contributed by atoms with Crippen LogP contribution in [0.1, 0.15) is 239 Å². The van der Waals surface area contributed by atoms with Crippen LogP contribution in [0.5, 0.6) is 0 Å². The largest absolute Gasteiger partial charge is 0.462 e. The van der Waals surface area contributed by atoms with Gasteiger partial charge in [0.1, 0.15) is 13.2 Å². The smallest absolute Gasteiger partial charge is 0.306 e. The summed E-state index contributed by atoms with van der Waals surface area (Å²) in [6.45, 7) is 6.43. The van der Waals surface area contributed by atoms with E-state index >= 15 is 0 Å². The molecule has 6 heteroatoms. The van der Waals surface area contributed by atoms with Crippen molar-refractivity contribution in [2.45, 2.75) is 245 Å². The number of carbonyl (C=O) groups excluding carboxylic acids is 3. The molecule has 360 valence electrons. The first-order chi connectivity index (χ1) is 31.0. The third-order valence-corrected chi connectivity index (χ3v) is 10.9. The molecule has 0 bridgehead atoms. The number of esters is 3. The SMILES string of the molecule is CC/C=C\C/C=C\C/C=C\CCCCCCCC(=O)O[C@H](COC(=O)CCCC/C=C\C/C=C\C/C=C\CCCCC)COC(=O)CCCCCCCCC/C=C\CCCCCC. The minimum atomic E-state index is -0.803. The van der Waals surface area contributed by atoms with Gasteiger partial charge in [-0.15, -0.1) is 0 Å². The van der Waals surface area contributed by atoms with Gasteiger partial charge in [-0.05, 0) is 116 Å². The van der Waals surface area contributed by atoms with Crippen molar-refractivity contribution in [1.29, 1.82) is 0 Å². The van der Waals surface area contributed by atoms with E-state index in [1.54, 1.807) is 0 Å². The fourth-order valence-corrected chi connectivity index (χ4v) is 6.93. The molecule has 0 heterocycles. The van der Waals surface area contributed by atoms with Crippen LogP contribution < -0.4 is 0 Å². The molecule has 63 heavy (non-hydrogen) atoms. The Kier molecular flexibility index (Phi) is 48.5. The van der Waals surface area contributed by atoms with Crippen molar-refractivity contribution >= 4 is 17.9 Å². The lowest BCUT2D eigenvalue weighted by Gasteiger charge is -2.18. The molecule has 0 aliphatic heterocycles. The maximum Gasteiger partial charge on any atom is 0.306 e. The van der Waals surface area contributed by atoms with Crippen LogP contribution in [-0.2, 0) is 28.6 Å². The minimum Gasteiger partial charge on any atom is -0.462 e. The van der Waals surface area contributed by atoms with Gasteiger partial charge in [-0.2, -0.15) is 0 Å². The molecule has 0 radical (unpaired) electrons. The highest BCUT2D eigenvalue weighted by Crippen LogP contribution is 2.13. The molecule has 1 atom stereocenters. The summed E-state index contributed by atoms with van der Waals surface area (Å²) in [6, 6.07) is 0. The van der Waals surface area contributed by atoms with E-state index in [2.05, 4.69) is 106 Å². The number of carbonyl (C=O) groups is 3. The quantitative estimate of drug-likeness (QED) is 0.0262. The Bertz CT molecular complexity index is 1240. The van der Waals surface area contributed by atoms with E-state index in [4.69, 9.17) is 14.2 Å². The lowest BCUT2D eigenvalue weighted by molar-refractivity contribution is -0.167. The molecule has 6 nitrogen and oxygen atoms in total. The predicted octanol–water partition coefficient (Wildman–Crippen LogP) is 17.2. The molecule has 0 amide bonds. The standard InChI is InChI=1S/C57H96O6/c1-4-7-10-13-16-19-22-25-28-31-34-37-40-43-46-49-55(58)61-52-54(63-57(60)51-48-45-42-39-36-33-30-27-24-21-18-15-12-9-6-3)53-62-56(59)50-47-44-41-38-35-32-29-26-23-20-17-14-11-8-5-2/h9,12,16,18-21,23,25,27-28,30,34,37,54H,4-8,10-11,13-15,17,22,24,26,29,31-33,35-36,38-53H2,1-3H3/b12-9-,19-16-,21-18-,23-20-,28-25-,30-27-,37-34-/t54-/m1/s1. The first-order valence-corrected chi connectivity index (χ1v) is 26.1. The molecule has 0 unspecified atom stereocenters. The Balaban J connectivity index is 4.49. The van der Waals surface area contributed by atoms with E-state index in [1.165, 1.54) is 89.9 Å². The first kappa shape index (κ1) is 59.6. The summed E-state index contributed by atoms with van der Waals surface area (Å²) in [5.74, 6) is -0.960. The van der Waals surface area contributed by atoms with E-state index in [0.717, 1.165) is 109 Å². The van der Waals surface area contributed by atoms with Gasteiger partial charge in [-0.25, -0.2) is 0 Å². The van der Waals surface area contributed by atoms with Gasteiger partial charge < -0.3 is 14.2 Å². The van der Waals surface area contributed by atoms with Crippen molar-refractivity contribution in [2.75, 3.05) is 13.2 Å². The van der Waals surface area contributed by atoms with Crippen molar-refractivity contribution in [3.8, 4) is 0 Å². The zero-order chi connectivity index (χ0) is 45.8. The van der Waals surface area contributed by atoms with Crippen molar-refractivity contribution in [1.82, 2.24) is 0 Å². The Hall–Kier alpha value is -3.41. The summed E-state index contributed by atoms with van der Waals surface area (Å²) < 4.78 is 16.8. The summed E-state index contributed by atoms with van der Waals surface area (Å²) in [5.41, 5.74) is 0. The summed E-state index contributed by atoms with van der Waals surface area (Å²) >= 11 is 0. The molecule has 0 aromatic heterocycles. The second kappa shape index (κ2) is 51.2. The second-order valence-corrected chi connectivity index (χ2v) is 17.0. The highest BCUT2D eigenvalue weighted by atomic mass is 16.6. The van der Waals surface area contributed by atoms with Gasteiger partial charge in [-0.3, -0.25) is 14.4 Å². The molecule has 0 aromatic carbocycles. The Labute approximate surface area is 388 Å². The number of allylic oxidation sites excluding steroid dienone is 14. The van der Waals surface area contributed by atoms with Crippen LogP contribution in [0.15, 0.2) is 85.1 Å². The number of ether oxygens (including phenoxy) is 3. The molecular formula is C57H96O6. The van der Waals surface area contributed by atoms with Crippen LogP contribution in [0.25, 0.3) is 0 Å². The minimum absolute atomic E-state index is 0.0985.